The summed E-state index contributed by atoms with van der Waals surface area (Å²) in [6, 6.07) is -1.05. The van der Waals surface area contributed by atoms with Gasteiger partial charge in [-0.3, -0.25) is 34.8 Å². The SMILES string of the molecule is CC.CC(=O)[C@H](CCCCN)NNC(=O)CCCCC(=O)CCCO[C@H]1O[C@H](CO[C@H]2O[C@H](CO)[C@@H](O)[C@H](O)[C@@H]2O)[C@@H](O)[C@H](O[C@H]2O[C@H](CO)[C@@H](O)[C@H](O)[C@@H]2O)[C@@H]1O.NCCCC[C@@H](C=O)NNC(=O)CCCCC(=O)NCCO[C@H]1O[C@H](CO[C@H]2O[C@H](CO)[C@@H](O)[C@H](O)[C@@H]2O)[C@@H](O)[C@H](O[C@H]2O[C@H](CO)[C@@H](O)[C@H](O)[C@@H]2O)[C@@H]1O. The van der Waals surface area contributed by atoms with Crippen LogP contribution in [0.1, 0.15) is 124 Å². The summed E-state index contributed by atoms with van der Waals surface area (Å²) in [6.07, 6.45) is -43.3. The number of aldehydes is 1. The van der Waals surface area contributed by atoms with Gasteiger partial charge in [-0.05, 0) is 77.8 Å². The molecule has 0 aromatic heterocycles. The van der Waals surface area contributed by atoms with Gasteiger partial charge in [-0.25, -0.2) is 10.9 Å². The Morgan fingerprint density at radius 1 is 0.381 bits per heavy atom. The normalized spacial score (nSPS) is 36.5. The van der Waals surface area contributed by atoms with Crippen molar-refractivity contribution in [3.05, 3.63) is 0 Å². The van der Waals surface area contributed by atoms with E-state index in [0.717, 1.165) is 25.7 Å². The molecule has 113 heavy (non-hydrogen) atoms. The largest absolute Gasteiger partial charge is 0.394 e. The van der Waals surface area contributed by atoms with E-state index < -0.39 is 236 Å². The monoisotopic (exact) mass is 1650 g/mol. The smallest absolute Gasteiger partial charge is 0.234 e. The molecule has 0 aliphatic carbocycles. The average molecular weight is 1650 g/mol. The lowest BCUT2D eigenvalue weighted by atomic mass is 9.96. The van der Waals surface area contributed by atoms with Crippen molar-refractivity contribution in [2.45, 2.75) is 320 Å². The van der Waals surface area contributed by atoms with Gasteiger partial charge in [0.1, 0.15) is 164 Å². The number of nitrogens with two attached hydrogens (primary N) is 2. The van der Waals surface area contributed by atoms with Crippen LogP contribution < -0.4 is 38.5 Å². The molecule has 6 aliphatic heterocycles. The van der Waals surface area contributed by atoms with Crippen molar-refractivity contribution in [1.82, 2.24) is 27.0 Å². The number of carbonyl (C=O) groups is 6. The van der Waals surface area contributed by atoms with E-state index in [-0.39, 0.29) is 87.6 Å². The van der Waals surface area contributed by atoms with Crippen LogP contribution in [-0.2, 0) is 85.6 Å². The third kappa shape index (κ3) is 31.6. The first-order chi connectivity index (χ1) is 53.9. The topological polar surface area (TPSA) is 730 Å². The molecule has 0 bridgehead atoms. The number of hydrogen-bond acceptors (Lipinski definition) is 42. The molecule has 6 fully saturated rings. The van der Waals surface area contributed by atoms with Gasteiger partial charge in [-0.1, -0.05) is 26.7 Å². The molecule has 32 atom stereocenters. The molecule has 0 unspecified atom stereocenters. The number of Topliss-reactive ketones (excluding diaryl/α,β-unsaturated/α-hetero) is 2. The van der Waals surface area contributed by atoms with E-state index in [1.807, 2.05) is 13.8 Å². The first-order valence-electron chi connectivity index (χ1n) is 38.2. The maximum Gasteiger partial charge on any atom is 0.234 e. The molecule has 45 heteroatoms. The minimum atomic E-state index is -1.91. The van der Waals surface area contributed by atoms with Gasteiger partial charge in [-0.15, -0.1) is 0 Å². The van der Waals surface area contributed by atoms with Crippen LogP contribution in [0.3, 0.4) is 0 Å². The number of ketones is 2. The van der Waals surface area contributed by atoms with Crippen molar-refractivity contribution < 1.29 is 188 Å². The Balaban J connectivity index is 0.000000466. The quantitative estimate of drug-likeness (QED) is 0.0153. The lowest BCUT2D eigenvalue weighted by Crippen LogP contribution is -2.65. The number of ether oxygens (including phenoxy) is 12. The van der Waals surface area contributed by atoms with E-state index in [2.05, 4.69) is 27.0 Å². The van der Waals surface area contributed by atoms with E-state index >= 15 is 0 Å². The summed E-state index contributed by atoms with van der Waals surface area (Å²) < 4.78 is 66.5. The van der Waals surface area contributed by atoms with Crippen molar-refractivity contribution in [3.63, 3.8) is 0 Å². The van der Waals surface area contributed by atoms with Crippen LogP contribution in [0.5, 0.6) is 0 Å². The summed E-state index contributed by atoms with van der Waals surface area (Å²) in [6.45, 7) is 1.65. The van der Waals surface area contributed by atoms with E-state index in [1.165, 1.54) is 6.92 Å². The molecule has 0 aromatic rings. The molecule has 6 rings (SSSR count). The molecule has 3 amide bonds. The van der Waals surface area contributed by atoms with E-state index in [1.54, 1.807) is 0 Å². The van der Waals surface area contributed by atoms with Gasteiger partial charge in [-0.2, -0.15) is 0 Å². The zero-order valence-corrected chi connectivity index (χ0v) is 63.6. The van der Waals surface area contributed by atoms with Gasteiger partial charge in [0.2, 0.25) is 17.7 Å². The molecule has 0 aromatic carbocycles. The summed E-state index contributed by atoms with van der Waals surface area (Å²) >= 11 is 0. The molecule has 0 radical (unpaired) electrons. The summed E-state index contributed by atoms with van der Waals surface area (Å²) in [5.74, 6) is -1.28. The minimum absolute atomic E-state index is 0.0662. The fourth-order valence-corrected chi connectivity index (χ4v) is 12.4. The van der Waals surface area contributed by atoms with Crippen LogP contribution in [0.2, 0.25) is 0 Å². The van der Waals surface area contributed by atoms with E-state index in [0.29, 0.717) is 57.9 Å². The first kappa shape index (κ1) is 101. The zero-order valence-electron chi connectivity index (χ0n) is 63.6. The van der Waals surface area contributed by atoms with E-state index in [4.69, 9.17) is 68.3 Å². The van der Waals surface area contributed by atoms with Gasteiger partial charge in [0, 0.05) is 38.6 Å². The molecule has 6 aliphatic rings. The van der Waals surface area contributed by atoms with Gasteiger partial charge in [0.25, 0.3) is 0 Å². The molecule has 29 N–H and O–H groups in total. The van der Waals surface area contributed by atoms with Crippen LogP contribution >= 0.6 is 0 Å². The van der Waals surface area contributed by atoms with Gasteiger partial charge in [0.15, 0.2) is 37.7 Å². The standard InChI is InChI=1S/C34H61N3O19.C32H58N4O19.C2H6/c1-16(40)18(9-4-5-11-35)36-37-22(42)10-3-2-7-17(41)8-6-12-51-33-30(50)31(56-34-29(49)27(47)24(44)20(14-39)54-34)25(45)21(55-33)15-52-32-28(48)26(46)23(43)19(13-38)53-32;33-8-4-3-5-15(11-37)35-36-20(41)7-2-1-6-19(40)34-9-10-50-31-28(49)29(55-32-27(48)25(46)22(43)17(13-39)53-32)23(44)18(54-31)14-51-30-26(47)24(45)21(42)16(12-38)52-30;1-2/h18-21,23-34,36,38-39,43-50H,2-15,35H2,1H3,(H,37,42);11,15-18,21-32,35,38-39,42-49H,1-10,12-14,33H2,(H,34,40)(H,36,41);1-2H3/t18-,19+,20+,21+,23+,24+,25+,26-,27-,28-,29-,30-,31-,32-,33-,34+;15-,16+,17+,18+,21+,22+,23+,24-,25-,26-,27-,28-,29-,30-,31-,32+;/m00./s1. The number of unbranched alkanes of at least 4 members (excludes halogenated alkanes) is 4. The third-order valence-corrected chi connectivity index (χ3v) is 19.2. The van der Waals surface area contributed by atoms with Crippen LogP contribution in [-0.4, -0.2) is 407 Å². The fourth-order valence-electron chi connectivity index (χ4n) is 12.4. The van der Waals surface area contributed by atoms with Crippen LogP contribution in [0.4, 0.5) is 0 Å². The summed E-state index contributed by atoms with van der Waals surface area (Å²) in [7, 11) is 0. The Hall–Kier alpha value is -4.02. The third-order valence-electron chi connectivity index (χ3n) is 19.2. The number of carbonyl (C=O) groups excluding carboxylic acids is 6. The molecule has 6 saturated heterocycles. The highest BCUT2D eigenvalue weighted by Crippen LogP contribution is 2.34. The summed E-state index contributed by atoms with van der Waals surface area (Å²) in [5.41, 5.74) is 21.3. The second-order valence-corrected chi connectivity index (χ2v) is 27.7. The number of aliphatic hydroxyl groups is 20. The zero-order chi connectivity index (χ0) is 84.2. The predicted molar refractivity (Wildman–Crippen MR) is 378 cm³/mol. The molecule has 0 saturated carbocycles. The van der Waals surface area contributed by atoms with Gasteiger partial charge >= 0.3 is 0 Å². The average Bonchev–Trinajstić information content (AvgIpc) is 0.787. The Kier molecular flexibility index (Phi) is 48.0. The van der Waals surface area contributed by atoms with Crippen LogP contribution in [0.15, 0.2) is 0 Å². The van der Waals surface area contributed by atoms with Crippen LogP contribution in [0.25, 0.3) is 0 Å². The highest BCUT2D eigenvalue weighted by atomic mass is 16.8. The van der Waals surface area contributed by atoms with E-state index in [9.17, 15) is 131 Å². The molecule has 660 valence electrons. The van der Waals surface area contributed by atoms with Gasteiger partial charge < -0.3 is 181 Å². The first-order valence-corrected chi connectivity index (χ1v) is 38.2. The lowest BCUT2D eigenvalue weighted by molar-refractivity contribution is -0.366. The fraction of sp³-hybridized carbons (Fsp3) is 0.912. The second-order valence-electron chi connectivity index (χ2n) is 27.7. The Morgan fingerprint density at radius 3 is 1.12 bits per heavy atom. The Bertz CT molecular complexity index is 2680. The van der Waals surface area contributed by atoms with Crippen molar-refractivity contribution in [3.8, 4) is 0 Å². The van der Waals surface area contributed by atoms with Gasteiger partial charge in [0.05, 0.1) is 64.9 Å². The van der Waals surface area contributed by atoms with Crippen molar-refractivity contribution in [2.75, 3.05) is 72.5 Å². The number of amides is 3. The Labute approximate surface area is 652 Å². The summed E-state index contributed by atoms with van der Waals surface area (Å²) in [4.78, 5) is 72.1. The van der Waals surface area contributed by atoms with Crippen molar-refractivity contribution in [1.29, 1.82) is 0 Å². The highest BCUT2D eigenvalue weighted by molar-refractivity contribution is 5.82. The number of nitrogens with one attached hydrogen (secondary N) is 5. The minimum Gasteiger partial charge on any atom is -0.394 e. The number of aliphatic hydroxyl groups excluding tert-OH is 20. The highest BCUT2D eigenvalue weighted by Gasteiger charge is 2.55. The maximum absolute atomic E-state index is 12.5. The van der Waals surface area contributed by atoms with Crippen LogP contribution in [0, 0.1) is 0 Å². The lowest BCUT2D eigenvalue weighted by Gasteiger charge is -2.46. The number of hydrogen-bond donors (Lipinski definition) is 27. The molecule has 45 nitrogen and oxygen atoms in total. The molecular weight excluding hydrogens is 1520 g/mol. The molecular formula is C68H125N7O38. The number of hydrazine groups is 2. The molecule has 0 spiro atoms. The second kappa shape index (κ2) is 53.5. The molecule has 6 heterocycles. The van der Waals surface area contributed by atoms with Crippen molar-refractivity contribution in [2.24, 2.45) is 11.5 Å². The van der Waals surface area contributed by atoms with Crippen molar-refractivity contribution >= 4 is 35.6 Å². The predicted octanol–water partition coefficient (Wildman–Crippen LogP) is -12.5. The Morgan fingerprint density at radius 2 is 0.726 bits per heavy atom. The maximum atomic E-state index is 12.5. The number of rotatable bonds is 47. The summed E-state index contributed by atoms with van der Waals surface area (Å²) in [5, 5.41) is 208.